The molecule has 0 aromatic carbocycles. The number of hydrogen-bond donors (Lipinski definition) is 6. The number of likely N-dealkylation sites (N-methyl/N-ethyl adjacent to an activating group) is 1. The van der Waals surface area contributed by atoms with Crippen molar-refractivity contribution in [2.75, 3.05) is 27.7 Å². The zero-order valence-electron chi connectivity index (χ0n) is 32.4. The van der Waals surface area contributed by atoms with Crippen molar-refractivity contribution in [3.05, 3.63) is 0 Å². The Morgan fingerprint density at radius 2 is 1.58 bits per heavy atom. The van der Waals surface area contributed by atoms with Gasteiger partial charge in [0.2, 0.25) is 0 Å². The zero-order valence-corrected chi connectivity index (χ0v) is 32.4. The van der Waals surface area contributed by atoms with Crippen LogP contribution in [-0.4, -0.2) is 154 Å². The Morgan fingerprint density at radius 1 is 0.940 bits per heavy atom. The lowest BCUT2D eigenvalue weighted by atomic mass is 9.83. The largest absolute Gasteiger partial charge is 0.459 e. The van der Waals surface area contributed by atoms with Crippen LogP contribution in [0.5, 0.6) is 0 Å². The van der Waals surface area contributed by atoms with Crippen LogP contribution in [0.25, 0.3) is 0 Å². The molecule has 14 nitrogen and oxygen atoms in total. The van der Waals surface area contributed by atoms with E-state index in [1.54, 1.807) is 41.5 Å². The van der Waals surface area contributed by atoms with Gasteiger partial charge in [0.05, 0.1) is 47.6 Å². The van der Waals surface area contributed by atoms with Crippen LogP contribution >= 0.6 is 0 Å². The Hall–Kier alpha value is -1.01. The summed E-state index contributed by atoms with van der Waals surface area (Å²) in [6.45, 7) is 15.9. The highest BCUT2D eigenvalue weighted by molar-refractivity contribution is 5.73. The van der Waals surface area contributed by atoms with Crippen molar-refractivity contribution in [3.8, 4) is 0 Å². The predicted molar refractivity (Wildman–Crippen MR) is 185 cm³/mol. The van der Waals surface area contributed by atoms with Gasteiger partial charge < -0.3 is 64.2 Å². The quantitative estimate of drug-likeness (QED) is 0.207. The molecule has 14 heteroatoms. The number of rotatable bonds is 7. The molecular weight excluding hydrogens is 652 g/mol. The molecule has 0 saturated carbocycles. The summed E-state index contributed by atoms with van der Waals surface area (Å²) in [6, 6.07) is -0.547. The minimum atomic E-state index is -1.77. The van der Waals surface area contributed by atoms with Crippen molar-refractivity contribution in [2.45, 2.75) is 185 Å². The molecule has 3 aliphatic heterocycles. The minimum Gasteiger partial charge on any atom is -0.459 e. The number of carbonyl (C=O) groups is 1. The smallest absolute Gasteiger partial charge is 0.311 e. The van der Waals surface area contributed by atoms with Gasteiger partial charge in [0.25, 0.3) is 0 Å². The molecule has 0 bridgehead atoms. The summed E-state index contributed by atoms with van der Waals surface area (Å²) in [6.07, 6.45) is -8.11. The van der Waals surface area contributed by atoms with Crippen molar-refractivity contribution in [1.29, 1.82) is 0 Å². The molecule has 2 unspecified atom stereocenters. The lowest BCUT2D eigenvalue weighted by Crippen LogP contribution is -2.58. The molecule has 3 aliphatic rings. The monoisotopic (exact) mass is 720 g/mol. The Bertz CT molecular complexity index is 1080. The third kappa shape index (κ3) is 10.1. The van der Waals surface area contributed by atoms with Crippen LogP contribution in [0.15, 0.2) is 0 Å². The number of carbonyl (C=O) groups excluding carboxylic acids is 1. The molecule has 0 aliphatic carbocycles. The molecule has 0 aromatic heterocycles. The summed E-state index contributed by atoms with van der Waals surface area (Å²) >= 11 is 0. The van der Waals surface area contributed by atoms with Crippen LogP contribution in [-0.2, 0) is 33.2 Å². The van der Waals surface area contributed by atoms with Crippen molar-refractivity contribution < 1.29 is 58.7 Å². The topological polar surface area (TPSA) is 189 Å². The number of aliphatic hydroxyl groups is 5. The van der Waals surface area contributed by atoms with Crippen LogP contribution in [0.1, 0.15) is 94.4 Å². The summed E-state index contributed by atoms with van der Waals surface area (Å²) in [7, 11) is 5.26. The van der Waals surface area contributed by atoms with Gasteiger partial charge in [-0.05, 0) is 87.7 Å². The maximum atomic E-state index is 14.0. The summed E-state index contributed by atoms with van der Waals surface area (Å²) in [5, 5.41) is 60.6. The zero-order chi connectivity index (χ0) is 37.9. The molecule has 3 rings (SSSR count). The van der Waals surface area contributed by atoms with E-state index in [9.17, 15) is 30.3 Å². The average Bonchev–Trinajstić information content (AvgIpc) is 3.03. The van der Waals surface area contributed by atoms with E-state index in [-0.39, 0.29) is 43.9 Å². The van der Waals surface area contributed by atoms with Gasteiger partial charge in [-0.1, -0.05) is 13.8 Å². The molecule has 3 heterocycles. The fourth-order valence-corrected chi connectivity index (χ4v) is 7.75. The van der Waals surface area contributed by atoms with Crippen molar-refractivity contribution >= 4 is 5.97 Å². The highest BCUT2D eigenvalue weighted by Crippen LogP contribution is 2.37. The van der Waals surface area contributed by atoms with Gasteiger partial charge in [0, 0.05) is 38.6 Å². The van der Waals surface area contributed by atoms with Gasteiger partial charge in [0.1, 0.15) is 23.9 Å². The average molecular weight is 721 g/mol. The lowest BCUT2D eigenvalue weighted by Gasteiger charge is -2.47. The number of cyclic esters (lactones) is 1. The first-order valence-electron chi connectivity index (χ1n) is 18.3. The van der Waals surface area contributed by atoms with Gasteiger partial charge in [0.15, 0.2) is 12.6 Å². The van der Waals surface area contributed by atoms with Gasteiger partial charge in [-0.15, -0.1) is 0 Å². The van der Waals surface area contributed by atoms with E-state index in [1.807, 2.05) is 32.8 Å². The second kappa shape index (κ2) is 17.4. The second-order valence-corrected chi connectivity index (χ2v) is 16.2. The first kappa shape index (κ1) is 43.4. The van der Waals surface area contributed by atoms with Crippen LogP contribution in [0.3, 0.4) is 0 Å². The minimum absolute atomic E-state index is 0.0454. The summed E-state index contributed by atoms with van der Waals surface area (Å²) in [5.41, 5.74) is -4.33. The molecule has 3 saturated heterocycles. The molecule has 17 atom stereocenters. The molecule has 0 amide bonds. The predicted octanol–water partition coefficient (Wildman–Crippen LogP) is 1.31. The van der Waals surface area contributed by atoms with Gasteiger partial charge in [-0.3, -0.25) is 4.79 Å². The number of esters is 1. The van der Waals surface area contributed by atoms with E-state index < -0.39 is 89.9 Å². The number of hydrogen-bond acceptors (Lipinski definition) is 14. The van der Waals surface area contributed by atoms with Crippen molar-refractivity contribution in [3.63, 3.8) is 0 Å². The van der Waals surface area contributed by atoms with Crippen LogP contribution in [0.2, 0.25) is 0 Å². The number of aliphatic hydroxyl groups excluding tert-OH is 3. The second-order valence-electron chi connectivity index (χ2n) is 16.2. The van der Waals surface area contributed by atoms with Crippen molar-refractivity contribution in [2.24, 2.45) is 11.8 Å². The Labute approximate surface area is 299 Å². The highest BCUT2D eigenvalue weighted by Gasteiger charge is 2.50. The fraction of sp³-hybridized carbons (Fsp3) is 0.972. The first-order chi connectivity index (χ1) is 23.1. The summed E-state index contributed by atoms with van der Waals surface area (Å²) in [5.74, 6) is -2.11. The van der Waals surface area contributed by atoms with E-state index in [0.29, 0.717) is 13.0 Å². The molecule has 0 spiro atoms. The molecular formula is C36H68N2O12. The highest BCUT2D eigenvalue weighted by atomic mass is 16.7. The van der Waals surface area contributed by atoms with Gasteiger partial charge in [-0.25, -0.2) is 0 Å². The SMILES string of the molecule is CC[C@H]1OC(=O)C(C)[C@@H](O[C@H]2C[C@@](C)(OC)C(O)[C@H](C)O2)C[C@@H](O[C@@H]2O[C@H](C)C[C@H](N(C)C)[C@H]2O)[C@](C)(O)C[C@@H](C)NC[C@H](C)[C@@H](O)[C@]1(C)O. The molecule has 0 radical (unpaired) electrons. The number of ether oxygens (including phenoxy) is 6. The van der Waals surface area contributed by atoms with E-state index in [1.165, 1.54) is 14.0 Å². The van der Waals surface area contributed by atoms with Gasteiger partial charge in [-0.2, -0.15) is 0 Å². The third-order valence-corrected chi connectivity index (χ3v) is 11.4. The third-order valence-electron chi connectivity index (χ3n) is 11.4. The first-order valence-corrected chi connectivity index (χ1v) is 18.3. The number of nitrogens with zero attached hydrogens (tertiary/aromatic N) is 1. The van der Waals surface area contributed by atoms with E-state index >= 15 is 0 Å². The van der Waals surface area contributed by atoms with Crippen LogP contribution in [0, 0.1) is 11.8 Å². The van der Waals surface area contributed by atoms with E-state index in [0.717, 1.165) is 0 Å². The molecule has 50 heavy (non-hydrogen) atoms. The fourth-order valence-electron chi connectivity index (χ4n) is 7.75. The summed E-state index contributed by atoms with van der Waals surface area (Å²) in [4.78, 5) is 15.9. The van der Waals surface area contributed by atoms with Gasteiger partial charge >= 0.3 is 5.97 Å². The Balaban J connectivity index is 2.09. The molecule has 0 aromatic rings. The van der Waals surface area contributed by atoms with E-state index in [4.69, 9.17) is 28.4 Å². The normalized spacial score (nSPS) is 49.2. The van der Waals surface area contributed by atoms with E-state index in [2.05, 4.69) is 5.32 Å². The standard InChI is InChI=1S/C36H68N2O12/c1-13-26-36(9,44)30(40)19(2)18-37-20(3)16-34(7,43)27(50-33-29(39)24(38(10)11)14-21(4)46-33)15-25(22(5)32(42)49-26)48-28-17-35(8,45-12)31(41)23(6)47-28/h19-31,33,37,39-41,43-44H,13-18H2,1-12H3/t19-,20+,21+,22?,23-,24-,25-,26+,27+,28-,29+,30+,31?,33-,34+,35+,36+/m0/s1. The maximum Gasteiger partial charge on any atom is 0.311 e. The van der Waals surface area contributed by atoms with Crippen molar-refractivity contribution in [1.82, 2.24) is 10.2 Å². The van der Waals surface area contributed by atoms with Crippen LogP contribution in [0.4, 0.5) is 0 Å². The number of methoxy groups -OCH3 is 1. The lowest BCUT2D eigenvalue weighted by molar-refractivity contribution is -0.307. The Kier molecular flexibility index (Phi) is 15.1. The summed E-state index contributed by atoms with van der Waals surface area (Å²) < 4.78 is 37.0. The number of nitrogens with one attached hydrogen (secondary N) is 1. The maximum absolute atomic E-state index is 14.0. The molecule has 3 fully saturated rings. The Morgan fingerprint density at radius 3 is 2.16 bits per heavy atom. The molecule has 294 valence electrons. The molecule has 6 N–H and O–H groups in total. The van der Waals surface area contributed by atoms with Crippen LogP contribution < -0.4 is 5.32 Å².